The molecule has 0 aliphatic carbocycles. The van der Waals surface area contributed by atoms with E-state index in [2.05, 4.69) is 10.2 Å². The van der Waals surface area contributed by atoms with Crippen molar-refractivity contribution in [1.29, 1.82) is 0 Å². The van der Waals surface area contributed by atoms with E-state index in [0.717, 1.165) is 38.9 Å². The second kappa shape index (κ2) is 9.77. The number of methoxy groups -OCH3 is 1. The van der Waals surface area contributed by atoms with Crippen LogP contribution in [0.5, 0.6) is 0 Å². The average molecular weight is 334 g/mol. The van der Waals surface area contributed by atoms with Crippen molar-refractivity contribution < 1.29 is 14.6 Å². The molecule has 24 heavy (non-hydrogen) atoms. The minimum Gasteiger partial charge on any atom is -0.396 e. The van der Waals surface area contributed by atoms with Crippen LogP contribution in [0, 0.1) is 5.92 Å². The Morgan fingerprint density at radius 2 is 2.00 bits per heavy atom. The quantitative estimate of drug-likeness (QED) is 0.764. The van der Waals surface area contributed by atoms with Crippen LogP contribution in [0.25, 0.3) is 0 Å². The van der Waals surface area contributed by atoms with Crippen LogP contribution < -0.4 is 5.32 Å². The van der Waals surface area contributed by atoms with Gasteiger partial charge in [-0.15, -0.1) is 0 Å². The highest BCUT2D eigenvalue weighted by Crippen LogP contribution is 2.18. The van der Waals surface area contributed by atoms with E-state index in [0.29, 0.717) is 24.7 Å². The zero-order valence-corrected chi connectivity index (χ0v) is 14.8. The summed E-state index contributed by atoms with van der Waals surface area (Å²) in [6, 6.07) is 7.96. The van der Waals surface area contributed by atoms with E-state index < -0.39 is 0 Å². The SMILES string of the molecule is COCCC(C)NC(=O)c1ccc(CN2CCC(CO)CC2)cc1. The molecule has 0 spiro atoms. The van der Waals surface area contributed by atoms with Crippen LogP contribution in [0.15, 0.2) is 24.3 Å². The molecule has 1 heterocycles. The lowest BCUT2D eigenvalue weighted by Crippen LogP contribution is -2.34. The maximum Gasteiger partial charge on any atom is 0.251 e. The van der Waals surface area contributed by atoms with E-state index in [1.54, 1.807) is 7.11 Å². The second-order valence-electron chi connectivity index (χ2n) is 6.76. The third-order valence-corrected chi connectivity index (χ3v) is 4.72. The van der Waals surface area contributed by atoms with Gasteiger partial charge in [-0.05, 0) is 62.9 Å². The predicted octanol–water partition coefficient (Wildman–Crippen LogP) is 2.05. The van der Waals surface area contributed by atoms with Crippen LogP contribution in [0.2, 0.25) is 0 Å². The molecule has 1 aliphatic rings. The van der Waals surface area contributed by atoms with E-state index in [4.69, 9.17) is 4.74 Å². The van der Waals surface area contributed by atoms with Crippen LogP contribution in [0.3, 0.4) is 0 Å². The number of rotatable bonds is 8. The molecule has 2 N–H and O–H groups in total. The molecular formula is C19H30N2O3. The smallest absolute Gasteiger partial charge is 0.251 e. The molecule has 1 amide bonds. The lowest BCUT2D eigenvalue weighted by atomic mass is 9.97. The number of carbonyl (C=O) groups is 1. The molecule has 1 aromatic rings. The molecule has 1 aliphatic heterocycles. The van der Waals surface area contributed by atoms with Crippen LogP contribution in [0.1, 0.15) is 42.1 Å². The first-order valence-corrected chi connectivity index (χ1v) is 8.84. The van der Waals surface area contributed by atoms with Gasteiger partial charge in [-0.25, -0.2) is 0 Å². The van der Waals surface area contributed by atoms with Crippen LogP contribution in [-0.2, 0) is 11.3 Å². The van der Waals surface area contributed by atoms with Gasteiger partial charge in [0.05, 0.1) is 0 Å². The summed E-state index contributed by atoms with van der Waals surface area (Å²) in [6.45, 7) is 5.91. The lowest BCUT2D eigenvalue weighted by molar-refractivity contribution is 0.0929. The van der Waals surface area contributed by atoms with Gasteiger partial charge >= 0.3 is 0 Å². The molecular weight excluding hydrogens is 304 g/mol. The Labute approximate surface area is 145 Å². The number of amides is 1. The van der Waals surface area contributed by atoms with Gasteiger partial charge in [0, 0.05) is 38.5 Å². The number of aliphatic hydroxyl groups excluding tert-OH is 1. The van der Waals surface area contributed by atoms with Gasteiger partial charge < -0.3 is 15.2 Å². The molecule has 5 heteroatoms. The van der Waals surface area contributed by atoms with E-state index in [1.165, 1.54) is 5.56 Å². The molecule has 0 saturated carbocycles. The summed E-state index contributed by atoms with van der Waals surface area (Å²) in [7, 11) is 1.67. The number of benzene rings is 1. The summed E-state index contributed by atoms with van der Waals surface area (Å²) >= 11 is 0. The first-order valence-electron chi connectivity index (χ1n) is 8.84. The number of carbonyl (C=O) groups excluding carboxylic acids is 1. The van der Waals surface area contributed by atoms with E-state index in [1.807, 2.05) is 31.2 Å². The summed E-state index contributed by atoms with van der Waals surface area (Å²) in [5.41, 5.74) is 1.92. The number of nitrogens with one attached hydrogen (secondary N) is 1. The molecule has 5 nitrogen and oxygen atoms in total. The summed E-state index contributed by atoms with van der Waals surface area (Å²) in [4.78, 5) is 14.6. The fourth-order valence-electron chi connectivity index (χ4n) is 3.02. The summed E-state index contributed by atoms with van der Waals surface area (Å²) in [6.07, 6.45) is 2.94. The lowest BCUT2D eigenvalue weighted by Gasteiger charge is -2.31. The maximum atomic E-state index is 12.2. The molecule has 1 unspecified atom stereocenters. The number of hydrogen-bond donors (Lipinski definition) is 2. The van der Waals surface area contributed by atoms with Crippen molar-refractivity contribution in [3.63, 3.8) is 0 Å². The summed E-state index contributed by atoms with van der Waals surface area (Å²) in [5.74, 6) is 0.432. The molecule has 134 valence electrons. The normalized spacial score (nSPS) is 17.6. The second-order valence-corrected chi connectivity index (χ2v) is 6.76. The topological polar surface area (TPSA) is 61.8 Å². The third-order valence-electron chi connectivity index (χ3n) is 4.72. The predicted molar refractivity (Wildman–Crippen MR) is 95.0 cm³/mol. The Balaban J connectivity index is 1.81. The molecule has 1 saturated heterocycles. The molecule has 0 bridgehead atoms. The Morgan fingerprint density at radius 3 is 2.58 bits per heavy atom. The molecule has 1 aromatic carbocycles. The van der Waals surface area contributed by atoms with Gasteiger partial charge in [-0.2, -0.15) is 0 Å². The van der Waals surface area contributed by atoms with Crippen molar-refractivity contribution in [2.24, 2.45) is 5.92 Å². The summed E-state index contributed by atoms with van der Waals surface area (Å²) < 4.78 is 5.03. The largest absolute Gasteiger partial charge is 0.396 e. The zero-order valence-electron chi connectivity index (χ0n) is 14.8. The molecule has 2 rings (SSSR count). The molecule has 0 aromatic heterocycles. The number of likely N-dealkylation sites (tertiary alicyclic amines) is 1. The highest BCUT2D eigenvalue weighted by Gasteiger charge is 2.18. The van der Waals surface area contributed by atoms with Crippen molar-refractivity contribution in [2.45, 2.75) is 38.8 Å². The Kier molecular flexibility index (Phi) is 7.69. The Bertz CT molecular complexity index is 496. The standard InChI is InChI=1S/C19H30N2O3/c1-15(9-12-24-2)20-19(23)18-5-3-16(4-6-18)13-21-10-7-17(14-22)8-11-21/h3-6,15,17,22H,7-14H2,1-2H3,(H,20,23). The Morgan fingerprint density at radius 1 is 1.33 bits per heavy atom. The van der Waals surface area contributed by atoms with Crippen molar-refractivity contribution in [1.82, 2.24) is 10.2 Å². The number of piperidine rings is 1. The van der Waals surface area contributed by atoms with Gasteiger partial charge in [0.2, 0.25) is 0 Å². The number of hydrogen-bond acceptors (Lipinski definition) is 4. The number of aliphatic hydroxyl groups is 1. The highest BCUT2D eigenvalue weighted by molar-refractivity contribution is 5.94. The van der Waals surface area contributed by atoms with E-state index in [9.17, 15) is 9.90 Å². The van der Waals surface area contributed by atoms with Gasteiger partial charge in [0.1, 0.15) is 0 Å². The third kappa shape index (κ3) is 5.89. The van der Waals surface area contributed by atoms with Gasteiger partial charge in [-0.3, -0.25) is 9.69 Å². The number of nitrogens with zero attached hydrogens (tertiary/aromatic N) is 1. The highest BCUT2D eigenvalue weighted by atomic mass is 16.5. The minimum atomic E-state index is -0.0334. The van der Waals surface area contributed by atoms with Crippen molar-refractivity contribution in [2.75, 3.05) is 33.4 Å². The molecule has 1 atom stereocenters. The fraction of sp³-hybridized carbons (Fsp3) is 0.632. The van der Waals surface area contributed by atoms with Crippen molar-refractivity contribution in [3.8, 4) is 0 Å². The van der Waals surface area contributed by atoms with Crippen LogP contribution in [0.4, 0.5) is 0 Å². The maximum absolute atomic E-state index is 12.2. The Hall–Kier alpha value is -1.43. The minimum absolute atomic E-state index is 0.0334. The first-order chi connectivity index (χ1) is 11.6. The average Bonchev–Trinajstić information content (AvgIpc) is 2.61. The number of ether oxygens (including phenoxy) is 1. The first kappa shape index (κ1) is 18.9. The monoisotopic (exact) mass is 334 g/mol. The fourth-order valence-corrected chi connectivity index (χ4v) is 3.02. The molecule has 1 fully saturated rings. The molecule has 0 radical (unpaired) electrons. The van der Waals surface area contributed by atoms with Crippen molar-refractivity contribution >= 4 is 5.91 Å². The van der Waals surface area contributed by atoms with Crippen molar-refractivity contribution in [3.05, 3.63) is 35.4 Å². The van der Waals surface area contributed by atoms with E-state index in [-0.39, 0.29) is 11.9 Å². The van der Waals surface area contributed by atoms with Gasteiger partial charge in [-0.1, -0.05) is 12.1 Å². The van der Waals surface area contributed by atoms with Gasteiger partial charge in [0.25, 0.3) is 5.91 Å². The van der Waals surface area contributed by atoms with Crippen LogP contribution >= 0.6 is 0 Å². The summed E-state index contributed by atoms with van der Waals surface area (Å²) in [5, 5.41) is 12.2. The van der Waals surface area contributed by atoms with Crippen LogP contribution in [-0.4, -0.2) is 55.4 Å². The van der Waals surface area contributed by atoms with E-state index >= 15 is 0 Å². The van der Waals surface area contributed by atoms with Gasteiger partial charge in [0.15, 0.2) is 0 Å². The zero-order chi connectivity index (χ0) is 17.4.